The SMILES string of the molecule is CCC(C)N(c1cc2c(cc1OCc1ccc(C(=O)O)cc1C)CCC2)S(=O)(=O)c1nccs1. The quantitative estimate of drug-likeness (QED) is 0.433. The first kappa shape index (κ1) is 24.2. The van der Waals surface area contributed by atoms with Gasteiger partial charge in [-0.3, -0.25) is 4.31 Å². The Hall–Kier alpha value is -2.91. The zero-order valence-electron chi connectivity index (χ0n) is 19.4. The number of carboxylic acids is 1. The van der Waals surface area contributed by atoms with Gasteiger partial charge in [-0.1, -0.05) is 13.0 Å². The number of sulfonamides is 1. The zero-order valence-corrected chi connectivity index (χ0v) is 21.1. The topological polar surface area (TPSA) is 96.8 Å². The first-order valence-electron chi connectivity index (χ1n) is 11.3. The molecule has 0 bridgehead atoms. The Morgan fingerprint density at radius 3 is 2.59 bits per heavy atom. The summed E-state index contributed by atoms with van der Waals surface area (Å²) >= 11 is 1.10. The van der Waals surface area contributed by atoms with Crippen molar-refractivity contribution >= 4 is 33.0 Å². The Morgan fingerprint density at radius 2 is 1.97 bits per heavy atom. The van der Waals surface area contributed by atoms with E-state index < -0.39 is 16.0 Å². The van der Waals surface area contributed by atoms with Crippen molar-refractivity contribution in [1.29, 1.82) is 0 Å². The first-order chi connectivity index (χ1) is 16.2. The molecule has 7 nitrogen and oxygen atoms in total. The summed E-state index contributed by atoms with van der Waals surface area (Å²) in [6, 6.07) is 8.52. The lowest BCUT2D eigenvalue weighted by Crippen LogP contribution is -2.38. The molecule has 1 aromatic heterocycles. The third kappa shape index (κ3) is 4.67. The Bertz CT molecular complexity index is 1300. The predicted octanol–water partition coefficient (Wildman–Crippen LogP) is 5.21. The Balaban J connectivity index is 1.76. The minimum absolute atomic E-state index is 0.0550. The van der Waals surface area contributed by atoms with E-state index in [0.29, 0.717) is 17.9 Å². The molecule has 1 N–H and O–H groups in total. The maximum atomic E-state index is 13.6. The number of carboxylic acid groups (broad SMARTS) is 1. The summed E-state index contributed by atoms with van der Waals surface area (Å²) in [5, 5.41) is 10.9. The number of benzene rings is 2. The third-order valence-corrected chi connectivity index (χ3v) is 9.37. The normalized spacial score (nSPS) is 14.0. The highest BCUT2D eigenvalue weighted by Gasteiger charge is 2.34. The molecule has 0 saturated heterocycles. The third-order valence-electron chi connectivity index (χ3n) is 6.26. The number of aromatic nitrogens is 1. The lowest BCUT2D eigenvalue weighted by molar-refractivity contribution is 0.0696. The minimum Gasteiger partial charge on any atom is -0.487 e. The first-order valence-corrected chi connectivity index (χ1v) is 13.6. The highest BCUT2D eigenvalue weighted by Crippen LogP contribution is 2.40. The summed E-state index contributed by atoms with van der Waals surface area (Å²) < 4.78 is 35.0. The molecule has 180 valence electrons. The van der Waals surface area contributed by atoms with Crippen molar-refractivity contribution in [3.05, 3.63) is 69.7 Å². The number of thiazole rings is 1. The van der Waals surface area contributed by atoms with Gasteiger partial charge >= 0.3 is 5.97 Å². The van der Waals surface area contributed by atoms with Crippen LogP contribution in [0.1, 0.15) is 59.3 Å². The second kappa shape index (κ2) is 9.76. The van der Waals surface area contributed by atoms with E-state index in [1.54, 1.807) is 23.6 Å². The van der Waals surface area contributed by atoms with Crippen LogP contribution in [0.5, 0.6) is 5.75 Å². The van der Waals surface area contributed by atoms with Gasteiger partial charge in [0.05, 0.1) is 11.3 Å². The maximum Gasteiger partial charge on any atom is 0.335 e. The van der Waals surface area contributed by atoms with Crippen molar-refractivity contribution in [1.82, 2.24) is 4.98 Å². The van der Waals surface area contributed by atoms with Crippen LogP contribution in [0.2, 0.25) is 0 Å². The molecule has 34 heavy (non-hydrogen) atoms. The van der Waals surface area contributed by atoms with E-state index >= 15 is 0 Å². The Kier molecular flexibility index (Phi) is 6.95. The number of fused-ring (bicyclic) bond motifs is 1. The molecule has 2 aromatic carbocycles. The molecule has 4 rings (SSSR count). The van der Waals surface area contributed by atoms with Gasteiger partial charge in [-0.05, 0) is 86.1 Å². The van der Waals surface area contributed by atoms with Crippen molar-refractivity contribution in [2.24, 2.45) is 0 Å². The Morgan fingerprint density at radius 1 is 1.24 bits per heavy atom. The summed E-state index contributed by atoms with van der Waals surface area (Å²) in [4.78, 5) is 15.3. The molecule has 0 fully saturated rings. The lowest BCUT2D eigenvalue weighted by atomic mass is 10.1. The number of aryl methyl sites for hydroxylation is 3. The van der Waals surface area contributed by atoms with Crippen LogP contribution in [0.25, 0.3) is 0 Å². The van der Waals surface area contributed by atoms with Crippen LogP contribution < -0.4 is 9.04 Å². The fraction of sp³-hybridized carbons (Fsp3) is 0.360. The van der Waals surface area contributed by atoms with E-state index in [9.17, 15) is 18.3 Å². The van der Waals surface area contributed by atoms with Crippen LogP contribution in [0.4, 0.5) is 5.69 Å². The van der Waals surface area contributed by atoms with Gasteiger partial charge in [0.25, 0.3) is 10.0 Å². The molecule has 1 atom stereocenters. The molecule has 0 amide bonds. The molecule has 1 unspecified atom stereocenters. The smallest absolute Gasteiger partial charge is 0.335 e. The molecule has 0 saturated carbocycles. The van der Waals surface area contributed by atoms with Gasteiger partial charge < -0.3 is 9.84 Å². The van der Waals surface area contributed by atoms with Crippen molar-refractivity contribution < 1.29 is 23.1 Å². The number of carbonyl (C=O) groups is 1. The second-order valence-electron chi connectivity index (χ2n) is 8.53. The fourth-order valence-corrected chi connectivity index (χ4v) is 6.85. The molecule has 1 aliphatic carbocycles. The lowest BCUT2D eigenvalue weighted by Gasteiger charge is -2.31. The summed E-state index contributed by atoms with van der Waals surface area (Å²) in [5.41, 5.74) is 4.70. The highest BCUT2D eigenvalue weighted by atomic mass is 32.2. The zero-order chi connectivity index (χ0) is 24.5. The van der Waals surface area contributed by atoms with Crippen LogP contribution in [-0.2, 0) is 29.5 Å². The number of nitrogens with zero attached hydrogens (tertiary/aromatic N) is 2. The standard InChI is InChI=1S/C25H28N2O5S2/c1-4-17(3)27(34(30,31)25-26-10-11-33-25)22-13-18-6-5-7-19(18)14-23(22)32-15-21-9-8-20(24(28)29)12-16(21)2/h8-14,17H,4-7,15H2,1-3H3,(H,28,29). The van der Waals surface area contributed by atoms with Crippen molar-refractivity contribution in [3.8, 4) is 5.75 Å². The van der Waals surface area contributed by atoms with E-state index in [1.165, 1.54) is 16.1 Å². The average Bonchev–Trinajstić information content (AvgIpc) is 3.50. The van der Waals surface area contributed by atoms with Crippen LogP contribution in [0.3, 0.4) is 0 Å². The molecule has 1 heterocycles. The highest BCUT2D eigenvalue weighted by molar-refractivity contribution is 7.94. The van der Waals surface area contributed by atoms with Crippen molar-refractivity contribution in [2.75, 3.05) is 4.31 Å². The fourth-order valence-electron chi connectivity index (χ4n) is 4.21. The number of hydrogen-bond acceptors (Lipinski definition) is 6. The second-order valence-corrected chi connectivity index (χ2v) is 11.4. The van der Waals surface area contributed by atoms with Gasteiger partial charge in [0, 0.05) is 17.6 Å². The van der Waals surface area contributed by atoms with E-state index in [0.717, 1.165) is 47.3 Å². The van der Waals surface area contributed by atoms with Gasteiger partial charge in [0.2, 0.25) is 4.34 Å². The molecular formula is C25H28N2O5S2. The Labute approximate surface area is 204 Å². The van der Waals surface area contributed by atoms with Gasteiger partial charge in [-0.15, -0.1) is 11.3 Å². The molecule has 1 aliphatic rings. The van der Waals surface area contributed by atoms with E-state index in [1.807, 2.05) is 32.9 Å². The van der Waals surface area contributed by atoms with Gasteiger partial charge in [-0.25, -0.2) is 9.78 Å². The van der Waals surface area contributed by atoms with Gasteiger partial charge in [0.15, 0.2) is 0 Å². The number of anilines is 1. The van der Waals surface area contributed by atoms with Gasteiger partial charge in [-0.2, -0.15) is 8.42 Å². The molecule has 3 aromatic rings. The van der Waals surface area contributed by atoms with Crippen LogP contribution in [-0.4, -0.2) is 30.5 Å². The summed E-state index contributed by atoms with van der Waals surface area (Å²) in [5.74, 6) is -0.476. The van der Waals surface area contributed by atoms with Crippen LogP contribution in [0.15, 0.2) is 46.2 Å². The molecule has 0 aliphatic heterocycles. The molecule has 0 spiro atoms. The predicted molar refractivity (Wildman–Crippen MR) is 132 cm³/mol. The van der Waals surface area contributed by atoms with Crippen molar-refractivity contribution in [3.63, 3.8) is 0 Å². The average molecular weight is 501 g/mol. The van der Waals surface area contributed by atoms with Crippen molar-refractivity contribution in [2.45, 2.75) is 63.4 Å². The number of hydrogen-bond donors (Lipinski definition) is 1. The largest absolute Gasteiger partial charge is 0.487 e. The van der Waals surface area contributed by atoms with E-state index in [4.69, 9.17) is 4.74 Å². The maximum absolute atomic E-state index is 13.6. The van der Waals surface area contributed by atoms with E-state index in [-0.39, 0.29) is 22.6 Å². The van der Waals surface area contributed by atoms with Gasteiger partial charge in [0.1, 0.15) is 12.4 Å². The molecule has 0 radical (unpaired) electrons. The van der Waals surface area contributed by atoms with Crippen LogP contribution >= 0.6 is 11.3 Å². The number of aromatic carboxylic acids is 1. The summed E-state index contributed by atoms with van der Waals surface area (Å²) in [6.45, 7) is 5.88. The number of ether oxygens (including phenoxy) is 1. The number of rotatable bonds is 9. The summed E-state index contributed by atoms with van der Waals surface area (Å²) in [6.07, 6.45) is 4.98. The minimum atomic E-state index is -3.87. The monoisotopic (exact) mass is 500 g/mol. The summed E-state index contributed by atoms with van der Waals surface area (Å²) in [7, 11) is -3.87. The van der Waals surface area contributed by atoms with E-state index in [2.05, 4.69) is 4.98 Å². The molecule has 9 heteroatoms. The molecular weight excluding hydrogens is 472 g/mol. The van der Waals surface area contributed by atoms with Crippen LogP contribution in [0, 0.1) is 6.92 Å².